The number of pyridine rings is 1. The smallest absolute Gasteiger partial charge is 0.164 e. The fraction of sp³-hybridized carbons (Fsp3) is 0.400. The molecule has 0 aliphatic heterocycles. The fourth-order valence-corrected chi connectivity index (χ4v) is 4.97. The minimum absolute atomic E-state index is 0.00849. The third-order valence-electron chi connectivity index (χ3n) is 7.78. The van der Waals surface area contributed by atoms with Crippen LogP contribution in [0.5, 0.6) is 0 Å². The number of hydrogen-bond donors (Lipinski definition) is 3. The number of nitrogens with zero attached hydrogens (tertiary/aromatic N) is 5. The Morgan fingerprint density at radius 3 is 2.62 bits per heavy atom. The third kappa shape index (κ3) is 5.96. The van der Waals surface area contributed by atoms with Gasteiger partial charge in [0.2, 0.25) is 0 Å². The number of halogens is 2. The summed E-state index contributed by atoms with van der Waals surface area (Å²) in [5.41, 5.74) is 3.24. The molecule has 1 atom stereocenters. The lowest BCUT2D eigenvalue weighted by atomic mass is 9.80. The van der Waals surface area contributed by atoms with Crippen molar-refractivity contribution in [3.05, 3.63) is 71.7 Å². The number of aryl methyl sites for hydroxylation is 1. The average molecular weight is 546 g/mol. The van der Waals surface area contributed by atoms with Crippen LogP contribution < -0.4 is 10.6 Å². The van der Waals surface area contributed by atoms with Crippen molar-refractivity contribution in [1.82, 2.24) is 25.1 Å². The minimum atomic E-state index is -1.14. The standard InChI is InChI=1S/C30H33F2N7O/c1-18(31)28(32)25(19(2)35-16-30(40)9-4-10-30)15-34-27-13-22(12-26(37-27)21-6-7-21)23-8-5-20(14-33)11-24(23)29-38-36-17-39(29)3/h5,8,11-13,17,19,21,35,40H,1,4,6-7,9-10,15-16H2,2-3H3,(H,34,37)/b28-25+. The molecule has 2 heterocycles. The second-order valence-electron chi connectivity index (χ2n) is 10.9. The second-order valence-corrected chi connectivity index (χ2v) is 10.9. The van der Waals surface area contributed by atoms with Crippen LogP contribution in [-0.4, -0.2) is 49.6 Å². The molecule has 3 aromatic rings. The van der Waals surface area contributed by atoms with Crippen LogP contribution in [0.15, 0.2) is 60.5 Å². The van der Waals surface area contributed by atoms with Crippen LogP contribution in [0.25, 0.3) is 22.5 Å². The van der Waals surface area contributed by atoms with Gasteiger partial charge < -0.3 is 20.3 Å². The van der Waals surface area contributed by atoms with Crippen molar-refractivity contribution in [3.8, 4) is 28.6 Å². The van der Waals surface area contributed by atoms with E-state index >= 15 is 0 Å². The van der Waals surface area contributed by atoms with Gasteiger partial charge >= 0.3 is 0 Å². The molecule has 2 aliphatic carbocycles. The first-order valence-electron chi connectivity index (χ1n) is 13.5. The molecule has 0 spiro atoms. The Hall–Kier alpha value is -3.94. The van der Waals surface area contributed by atoms with Gasteiger partial charge in [0.05, 0.1) is 17.2 Å². The highest BCUT2D eigenvalue weighted by Crippen LogP contribution is 2.42. The maximum absolute atomic E-state index is 14.9. The van der Waals surface area contributed by atoms with E-state index in [4.69, 9.17) is 4.98 Å². The molecule has 2 fully saturated rings. The largest absolute Gasteiger partial charge is 0.389 e. The summed E-state index contributed by atoms with van der Waals surface area (Å²) >= 11 is 0. The predicted octanol–water partition coefficient (Wildman–Crippen LogP) is 5.30. The molecule has 40 heavy (non-hydrogen) atoms. The fourth-order valence-electron chi connectivity index (χ4n) is 4.97. The van der Waals surface area contributed by atoms with Crippen molar-refractivity contribution >= 4 is 5.82 Å². The van der Waals surface area contributed by atoms with Crippen LogP contribution in [0.3, 0.4) is 0 Å². The molecule has 0 saturated heterocycles. The lowest BCUT2D eigenvalue weighted by Crippen LogP contribution is -2.49. The van der Waals surface area contributed by atoms with Gasteiger partial charge in [-0.1, -0.05) is 12.6 Å². The molecule has 1 unspecified atom stereocenters. The zero-order chi connectivity index (χ0) is 28.4. The van der Waals surface area contributed by atoms with Gasteiger partial charge in [-0.3, -0.25) is 0 Å². The zero-order valence-electron chi connectivity index (χ0n) is 22.7. The molecule has 0 amide bonds. The lowest BCUT2D eigenvalue weighted by Gasteiger charge is -2.38. The number of allylic oxidation sites excluding steroid dienone is 2. The lowest BCUT2D eigenvalue weighted by molar-refractivity contribution is -0.0322. The Morgan fingerprint density at radius 1 is 1.25 bits per heavy atom. The number of benzene rings is 1. The maximum Gasteiger partial charge on any atom is 0.164 e. The van der Waals surface area contributed by atoms with E-state index in [0.717, 1.165) is 41.6 Å². The summed E-state index contributed by atoms with van der Waals surface area (Å²) in [6.45, 7) is 5.18. The monoisotopic (exact) mass is 545 g/mol. The number of nitrogens with one attached hydrogen (secondary N) is 2. The topological polar surface area (TPSA) is 112 Å². The molecule has 0 bridgehead atoms. The van der Waals surface area contributed by atoms with Gasteiger partial charge in [0.1, 0.15) is 12.1 Å². The maximum atomic E-state index is 14.9. The van der Waals surface area contributed by atoms with Gasteiger partial charge in [-0.2, -0.15) is 5.26 Å². The van der Waals surface area contributed by atoms with Crippen molar-refractivity contribution in [2.45, 2.75) is 56.6 Å². The number of nitriles is 1. The van der Waals surface area contributed by atoms with Crippen molar-refractivity contribution in [2.75, 3.05) is 18.4 Å². The van der Waals surface area contributed by atoms with Crippen LogP contribution in [0.2, 0.25) is 0 Å². The van der Waals surface area contributed by atoms with E-state index < -0.39 is 23.3 Å². The average Bonchev–Trinajstić information content (AvgIpc) is 3.70. The van der Waals surface area contributed by atoms with E-state index in [1.807, 2.05) is 25.2 Å². The first kappa shape index (κ1) is 27.6. The summed E-state index contributed by atoms with van der Waals surface area (Å²) < 4.78 is 30.7. The van der Waals surface area contributed by atoms with Crippen molar-refractivity contribution in [2.24, 2.45) is 7.05 Å². The molecular weight excluding hydrogens is 512 g/mol. The molecule has 2 aromatic heterocycles. The number of aliphatic hydroxyl groups is 1. The molecular formula is C30H33F2N7O. The van der Waals surface area contributed by atoms with Gasteiger partial charge in [0.15, 0.2) is 17.5 Å². The Kier molecular flexibility index (Phi) is 7.79. The second kappa shape index (κ2) is 11.3. The summed E-state index contributed by atoms with van der Waals surface area (Å²) in [6, 6.07) is 11.0. The molecule has 208 valence electrons. The van der Waals surface area contributed by atoms with Crippen LogP contribution in [0.1, 0.15) is 56.2 Å². The third-order valence-corrected chi connectivity index (χ3v) is 7.78. The quantitative estimate of drug-likeness (QED) is 0.280. The van der Waals surface area contributed by atoms with E-state index in [-0.39, 0.29) is 12.1 Å². The van der Waals surface area contributed by atoms with Gasteiger partial charge in [0, 0.05) is 48.9 Å². The Morgan fingerprint density at radius 2 is 2.02 bits per heavy atom. The van der Waals surface area contributed by atoms with Gasteiger partial charge in [-0.15, -0.1) is 10.2 Å². The molecule has 2 saturated carbocycles. The van der Waals surface area contributed by atoms with Crippen LogP contribution >= 0.6 is 0 Å². The summed E-state index contributed by atoms with van der Waals surface area (Å²) in [5, 5.41) is 34.6. The number of aromatic nitrogens is 4. The molecule has 8 nitrogen and oxygen atoms in total. The Labute approximate surface area is 232 Å². The van der Waals surface area contributed by atoms with Crippen LogP contribution in [-0.2, 0) is 7.05 Å². The molecule has 10 heteroatoms. The molecule has 5 rings (SSSR count). The van der Waals surface area contributed by atoms with Gasteiger partial charge in [0.25, 0.3) is 0 Å². The SMILES string of the molecule is C=C(F)/C(F)=C(/CNc1cc(-c2ccc(C#N)cc2-c2nncn2C)cc(C2CC2)n1)C(C)NCC1(O)CCC1. The number of hydrogen-bond acceptors (Lipinski definition) is 7. The molecule has 0 radical (unpaired) electrons. The number of anilines is 1. The van der Waals surface area contributed by atoms with Crippen LogP contribution in [0, 0.1) is 11.3 Å². The van der Waals surface area contributed by atoms with Crippen molar-refractivity contribution < 1.29 is 13.9 Å². The number of rotatable bonds is 11. The first-order chi connectivity index (χ1) is 19.2. The normalized spacial score (nSPS) is 17.4. The molecule has 3 N–H and O–H groups in total. The highest BCUT2D eigenvalue weighted by Gasteiger charge is 2.34. The summed E-state index contributed by atoms with van der Waals surface area (Å²) in [6.07, 6.45) is 6.00. The predicted molar refractivity (Wildman–Crippen MR) is 149 cm³/mol. The van der Waals surface area contributed by atoms with E-state index in [1.54, 1.807) is 30.0 Å². The molecule has 1 aromatic carbocycles. The highest BCUT2D eigenvalue weighted by atomic mass is 19.2. The molecule has 2 aliphatic rings. The zero-order valence-corrected chi connectivity index (χ0v) is 22.7. The first-order valence-corrected chi connectivity index (χ1v) is 13.5. The van der Waals surface area contributed by atoms with E-state index in [0.29, 0.717) is 42.5 Å². The van der Waals surface area contributed by atoms with Crippen molar-refractivity contribution in [1.29, 1.82) is 5.26 Å². The van der Waals surface area contributed by atoms with Gasteiger partial charge in [-0.05, 0) is 74.4 Å². The van der Waals surface area contributed by atoms with E-state index in [1.165, 1.54) is 0 Å². The Bertz CT molecular complexity index is 1500. The van der Waals surface area contributed by atoms with E-state index in [2.05, 4.69) is 33.5 Å². The summed E-state index contributed by atoms with van der Waals surface area (Å²) in [7, 11) is 1.84. The highest BCUT2D eigenvalue weighted by molar-refractivity contribution is 5.83. The van der Waals surface area contributed by atoms with E-state index in [9.17, 15) is 19.1 Å². The van der Waals surface area contributed by atoms with Gasteiger partial charge in [-0.25, -0.2) is 13.8 Å². The van der Waals surface area contributed by atoms with Crippen molar-refractivity contribution in [3.63, 3.8) is 0 Å². The van der Waals surface area contributed by atoms with Crippen LogP contribution in [0.4, 0.5) is 14.6 Å². The summed E-state index contributed by atoms with van der Waals surface area (Å²) in [5.74, 6) is -0.679. The summed E-state index contributed by atoms with van der Waals surface area (Å²) in [4.78, 5) is 4.79. The Balaban J connectivity index is 1.46. The minimum Gasteiger partial charge on any atom is -0.389 e.